The molecule has 100 valence electrons. The Morgan fingerprint density at radius 2 is 1.90 bits per heavy atom. The van der Waals surface area contributed by atoms with E-state index in [1.807, 2.05) is 37.3 Å². The molecule has 5 heteroatoms. The molecule has 0 radical (unpaired) electrons. The summed E-state index contributed by atoms with van der Waals surface area (Å²) in [6.07, 6.45) is 1.68. The van der Waals surface area contributed by atoms with Crippen LogP contribution in [0.2, 0.25) is 0 Å². The van der Waals surface area contributed by atoms with Gasteiger partial charge in [-0.05, 0) is 26.0 Å². The molecule has 0 spiro atoms. The molecular weight excluding hydrogens is 252 g/mol. The summed E-state index contributed by atoms with van der Waals surface area (Å²) in [6.45, 7) is 3.61. The molecule has 20 heavy (non-hydrogen) atoms. The number of nitrogen functional groups attached to an aromatic ring is 1. The van der Waals surface area contributed by atoms with Gasteiger partial charge in [-0.3, -0.25) is 4.98 Å². The van der Waals surface area contributed by atoms with Gasteiger partial charge in [0.15, 0.2) is 0 Å². The fraction of sp³-hybridized carbons (Fsp3) is 0.133. The molecule has 0 aliphatic rings. The molecule has 5 nitrogen and oxygen atoms in total. The Bertz CT molecular complexity index is 786. The number of hydrogen-bond donors (Lipinski definition) is 1. The van der Waals surface area contributed by atoms with Gasteiger partial charge < -0.3 is 10.5 Å². The number of rotatable bonds is 2. The first-order valence-corrected chi connectivity index (χ1v) is 6.27. The van der Waals surface area contributed by atoms with Crippen molar-refractivity contribution < 1.29 is 4.74 Å². The van der Waals surface area contributed by atoms with E-state index >= 15 is 0 Å². The van der Waals surface area contributed by atoms with Gasteiger partial charge >= 0.3 is 0 Å². The molecular formula is C15H14N4O. The quantitative estimate of drug-likeness (QED) is 0.771. The Morgan fingerprint density at radius 1 is 1.10 bits per heavy atom. The van der Waals surface area contributed by atoms with E-state index in [9.17, 15) is 0 Å². The number of fused-ring (bicyclic) bond motifs is 1. The molecule has 3 aromatic rings. The molecule has 2 N–H and O–H groups in total. The van der Waals surface area contributed by atoms with Crippen LogP contribution in [0.25, 0.3) is 10.9 Å². The van der Waals surface area contributed by atoms with Gasteiger partial charge in [0.25, 0.3) is 0 Å². The standard InChI is InChI=1S/C15H14N4O/c1-9-14(16)18-10(2)19-15(9)20-12-7-11-5-3-4-6-13(11)17-8-12/h3-8H,1-2H3,(H2,16,18,19). The number of benzene rings is 1. The summed E-state index contributed by atoms with van der Waals surface area (Å²) < 4.78 is 5.79. The highest BCUT2D eigenvalue weighted by Gasteiger charge is 2.09. The van der Waals surface area contributed by atoms with Gasteiger partial charge in [-0.15, -0.1) is 0 Å². The van der Waals surface area contributed by atoms with E-state index in [0.29, 0.717) is 23.3 Å². The van der Waals surface area contributed by atoms with Gasteiger partial charge in [0.1, 0.15) is 17.4 Å². The van der Waals surface area contributed by atoms with E-state index in [0.717, 1.165) is 16.5 Å². The van der Waals surface area contributed by atoms with Crippen molar-refractivity contribution in [2.45, 2.75) is 13.8 Å². The fourth-order valence-corrected chi connectivity index (χ4v) is 1.94. The van der Waals surface area contributed by atoms with Crippen LogP contribution in [0.5, 0.6) is 11.6 Å². The van der Waals surface area contributed by atoms with E-state index in [1.165, 1.54) is 0 Å². The molecule has 0 amide bonds. The highest BCUT2D eigenvalue weighted by molar-refractivity contribution is 5.79. The van der Waals surface area contributed by atoms with Crippen LogP contribution >= 0.6 is 0 Å². The zero-order chi connectivity index (χ0) is 14.1. The predicted molar refractivity (Wildman–Crippen MR) is 77.7 cm³/mol. The third-order valence-electron chi connectivity index (χ3n) is 3.03. The van der Waals surface area contributed by atoms with Crippen molar-refractivity contribution >= 4 is 16.7 Å². The van der Waals surface area contributed by atoms with Crippen molar-refractivity contribution in [3.8, 4) is 11.6 Å². The molecule has 0 fully saturated rings. The maximum atomic E-state index is 5.82. The summed E-state index contributed by atoms with van der Waals surface area (Å²) in [4.78, 5) is 12.7. The second-order valence-corrected chi connectivity index (χ2v) is 4.55. The predicted octanol–water partition coefficient (Wildman–Crippen LogP) is 3.02. The second-order valence-electron chi connectivity index (χ2n) is 4.55. The minimum Gasteiger partial charge on any atom is -0.437 e. The lowest BCUT2D eigenvalue weighted by Crippen LogP contribution is -2.02. The SMILES string of the molecule is Cc1nc(N)c(C)c(Oc2cnc3ccccc3c2)n1. The Balaban J connectivity index is 2.01. The van der Waals surface area contributed by atoms with Crippen molar-refractivity contribution in [3.63, 3.8) is 0 Å². The maximum absolute atomic E-state index is 5.82. The Labute approximate surface area is 116 Å². The van der Waals surface area contributed by atoms with Gasteiger partial charge in [-0.2, -0.15) is 4.98 Å². The Kier molecular flexibility index (Phi) is 2.95. The van der Waals surface area contributed by atoms with Gasteiger partial charge in [0, 0.05) is 5.39 Å². The molecule has 3 rings (SSSR count). The first-order chi connectivity index (χ1) is 9.63. The summed E-state index contributed by atoms with van der Waals surface area (Å²) in [6, 6.07) is 9.79. The van der Waals surface area contributed by atoms with Crippen molar-refractivity contribution in [3.05, 3.63) is 47.9 Å². The molecule has 2 heterocycles. The van der Waals surface area contributed by atoms with Crippen LogP contribution in [0.1, 0.15) is 11.4 Å². The lowest BCUT2D eigenvalue weighted by molar-refractivity contribution is 0.455. The highest BCUT2D eigenvalue weighted by Crippen LogP contribution is 2.27. The molecule has 0 unspecified atom stereocenters. The van der Waals surface area contributed by atoms with Crippen molar-refractivity contribution in [1.82, 2.24) is 15.0 Å². The van der Waals surface area contributed by atoms with Gasteiger partial charge in [0.05, 0.1) is 17.3 Å². The van der Waals surface area contributed by atoms with E-state index < -0.39 is 0 Å². The zero-order valence-electron chi connectivity index (χ0n) is 11.3. The van der Waals surface area contributed by atoms with Crippen LogP contribution in [-0.2, 0) is 0 Å². The molecule has 0 aliphatic carbocycles. The van der Waals surface area contributed by atoms with Crippen LogP contribution in [-0.4, -0.2) is 15.0 Å². The number of hydrogen-bond acceptors (Lipinski definition) is 5. The first-order valence-electron chi connectivity index (χ1n) is 6.27. The average molecular weight is 266 g/mol. The summed E-state index contributed by atoms with van der Waals surface area (Å²) in [5, 5.41) is 1.02. The largest absolute Gasteiger partial charge is 0.437 e. The number of anilines is 1. The van der Waals surface area contributed by atoms with Crippen LogP contribution in [0, 0.1) is 13.8 Å². The minimum atomic E-state index is 0.432. The summed E-state index contributed by atoms with van der Waals surface area (Å²) in [5.74, 6) is 2.11. The van der Waals surface area contributed by atoms with Crippen LogP contribution in [0.4, 0.5) is 5.82 Å². The monoisotopic (exact) mass is 266 g/mol. The van der Waals surface area contributed by atoms with E-state index in [1.54, 1.807) is 13.1 Å². The van der Waals surface area contributed by atoms with Crippen molar-refractivity contribution in [2.75, 3.05) is 5.73 Å². The molecule has 1 aromatic carbocycles. The average Bonchev–Trinajstić information content (AvgIpc) is 2.44. The van der Waals surface area contributed by atoms with Gasteiger partial charge in [-0.1, -0.05) is 18.2 Å². The summed E-state index contributed by atoms with van der Waals surface area (Å²) in [7, 11) is 0. The van der Waals surface area contributed by atoms with Crippen LogP contribution in [0.15, 0.2) is 36.5 Å². The summed E-state index contributed by atoms with van der Waals surface area (Å²) >= 11 is 0. The topological polar surface area (TPSA) is 73.9 Å². The normalized spacial score (nSPS) is 10.7. The lowest BCUT2D eigenvalue weighted by Gasteiger charge is -2.10. The fourth-order valence-electron chi connectivity index (χ4n) is 1.94. The number of ether oxygens (including phenoxy) is 1. The zero-order valence-corrected chi connectivity index (χ0v) is 11.3. The molecule has 0 saturated heterocycles. The lowest BCUT2D eigenvalue weighted by atomic mass is 10.2. The molecule has 0 bridgehead atoms. The smallest absolute Gasteiger partial charge is 0.227 e. The second kappa shape index (κ2) is 4.77. The highest BCUT2D eigenvalue weighted by atomic mass is 16.5. The molecule has 0 atom stereocenters. The van der Waals surface area contributed by atoms with Crippen LogP contribution in [0.3, 0.4) is 0 Å². The molecule has 0 aliphatic heterocycles. The van der Waals surface area contributed by atoms with Crippen molar-refractivity contribution in [1.29, 1.82) is 0 Å². The van der Waals surface area contributed by atoms with Crippen molar-refractivity contribution in [2.24, 2.45) is 0 Å². The Morgan fingerprint density at radius 3 is 2.75 bits per heavy atom. The number of pyridine rings is 1. The molecule has 2 aromatic heterocycles. The minimum absolute atomic E-state index is 0.432. The molecule has 0 saturated carbocycles. The number of aromatic nitrogens is 3. The number of nitrogens with two attached hydrogens (primary N) is 1. The van der Waals surface area contributed by atoms with E-state index in [2.05, 4.69) is 15.0 Å². The van der Waals surface area contributed by atoms with Gasteiger partial charge in [0.2, 0.25) is 5.88 Å². The number of aryl methyl sites for hydroxylation is 1. The van der Waals surface area contributed by atoms with Gasteiger partial charge in [-0.25, -0.2) is 4.98 Å². The maximum Gasteiger partial charge on any atom is 0.227 e. The number of nitrogens with zero attached hydrogens (tertiary/aromatic N) is 3. The van der Waals surface area contributed by atoms with Crippen LogP contribution < -0.4 is 10.5 Å². The Hall–Kier alpha value is -2.69. The van der Waals surface area contributed by atoms with E-state index in [-0.39, 0.29) is 0 Å². The summed E-state index contributed by atoms with van der Waals surface area (Å²) in [5.41, 5.74) is 7.47. The first kappa shape index (κ1) is 12.3. The number of para-hydroxylation sites is 1. The third kappa shape index (κ3) is 2.25. The third-order valence-corrected chi connectivity index (χ3v) is 3.03. The van der Waals surface area contributed by atoms with E-state index in [4.69, 9.17) is 10.5 Å².